The zero-order valence-electron chi connectivity index (χ0n) is 11.0. The fourth-order valence-corrected chi connectivity index (χ4v) is 4.02. The normalized spacial score (nSPS) is 13.5. The summed E-state index contributed by atoms with van der Waals surface area (Å²) < 4.78 is 0. The zero-order valence-corrected chi connectivity index (χ0v) is 12.6. The Morgan fingerprint density at radius 2 is 2.24 bits per heavy atom. The first-order valence-corrected chi connectivity index (χ1v) is 8.11. The number of thiophene rings is 1. The number of aromatic nitrogens is 1. The van der Waals surface area contributed by atoms with E-state index in [1.54, 1.807) is 11.4 Å². The highest BCUT2D eigenvalue weighted by atomic mass is 32.1. The summed E-state index contributed by atoms with van der Waals surface area (Å²) in [6.45, 7) is 0. The number of carbonyl (C=O) groups is 2. The SMILES string of the molecule is O=C(O)C=Cc1ccsc1C(=O)Nc1nc2c(s1)CCC2. The summed E-state index contributed by atoms with van der Waals surface area (Å²) >= 11 is 2.80. The van der Waals surface area contributed by atoms with E-state index in [1.807, 2.05) is 0 Å². The van der Waals surface area contributed by atoms with Crippen molar-refractivity contribution in [1.29, 1.82) is 0 Å². The Morgan fingerprint density at radius 1 is 1.38 bits per heavy atom. The van der Waals surface area contributed by atoms with Crippen LogP contribution in [0.15, 0.2) is 17.5 Å². The van der Waals surface area contributed by atoms with Gasteiger partial charge in [0.1, 0.15) is 0 Å². The number of amides is 1. The van der Waals surface area contributed by atoms with Crippen molar-refractivity contribution in [3.05, 3.63) is 38.5 Å². The average Bonchev–Trinajstić information content (AvgIpc) is 3.10. The van der Waals surface area contributed by atoms with Gasteiger partial charge in [-0.25, -0.2) is 9.78 Å². The molecule has 2 N–H and O–H groups in total. The minimum atomic E-state index is -1.04. The molecule has 1 aliphatic carbocycles. The van der Waals surface area contributed by atoms with Crippen LogP contribution in [0.4, 0.5) is 5.13 Å². The number of rotatable bonds is 4. The molecule has 0 atom stereocenters. The van der Waals surface area contributed by atoms with Crippen molar-refractivity contribution in [3.8, 4) is 0 Å². The van der Waals surface area contributed by atoms with E-state index in [-0.39, 0.29) is 5.91 Å². The third-order valence-corrected chi connectivity index (χ3v) is 5.13. The first-order valence-electron chi connectivity index (χ1n) is 6.42. The summed E-state index contributed by atoms with van der Waals surface area (Å²) in [7, 11) is 0. The second-order valence-corrected chi connectivity index (χ2v) is 6.57. The van der Waals surface area contributed by atoms with Crippen molar-refractivity contribution in [2.75, 3.05) is 5.32 Å². The number of aliphatic carboxylic acids is 1. The number of fused-ring (bicyclic) bond motifs is 1. The summed E-state index contributed by atoms with van der Waals surface area (Å²) in [5.41, 5.74) is 1.69. The predicted molar refractivity (Wildman–Crippen MR) is 83.1 cm³/mol. The van der Waals surface area contributed by atoms with Gasteiger partial charge >= 0.3 is 5.97 Å². The lowest BCUT2D eigenvalue weighted by Gasteiger charge is -2.00. The van der Waals surface area contributed by atoms with Crippen LogP contribution < -0.4 is 5.32 Å². The van der Waals surface area contributed by atoms with Gasteiger partial charge in [0, 0.05) is 11.0 Å². The number of hydrogen-bond acceptors (Lipinski definition) is 5. The minimum Gasteiger partial charge on any atom is -0.478 e. The van der Waals surface area contributed by atoms with E-state index in [0.29, 0.717) is 15.6 Å². The smallest absolute Gasteiger partial charge is 0.328 e. The van der Waals surface area contributed by atoms with Crippen molar-refractivity contribution >= 4 is 45.8 Å². The topological polar surface area (TPSA) is 79.3 Å². The molecule has 3 rings (SSSR count). The van der Waals surface area contributed by atoms with Gasteiger partial charge in [-0.3, -0.25) is 10.1 Å². The van der Waals surface area contributed by atoms with Crippen LogP contribution in [-0.2, 0) is 17.6 Å². The number of carboxylic acid groups (broad SMARTS) is 1. The van der Waals surface area contributed by atoms with Gasteiger partial charge in [-0.1, -0.05) is 0 Å². The van der Waals surface area contributed by atoms with E-state index >= 15 is 0 Å². The van der Waals surface area contributed by atoms with E-state index in [1.165, 1.54) is 33.6 Å². The van der Waals surface area contributed by atoms with Gasteiger partial charge in [0.25, 0.3) is 5.91 Å². The van der Waals surface area contributed by atoms with Gasteiger partial charge in [-0.15, -0.1) is 22.7 Å². The molecule has 0 bridgehead atoms. The number of anilines is 1. The number of nitrogens with zero attached hydrogens (tertiary/aromatic N) is 1. The quantitative estimate of drug-likeness (QED) is 0.849. The van der Waals surface area contributed by atoms with E-state index in [4.69, 9.17) is 5.11 Å². The molecular weight excluding hydrogens is 308 g/mol. The third-order valence-electron chi connectivity index (χ3n) is 3.12. The summed E-state index contributed by atoms with van der Waals surface area (Å²) in [5, 5.41) is 13.8. The lowest BCUT2D eigenvalue weighted by atomic mass is 10.2. The Hall–Kier alpha value is -1.99. The Labute approximate surface area is 129 Å². The molecule has 1 amide bonds. The van der Waals surface area contributed by atoms with Crippen LogP contribution in [0.2, 0.25) is 0 Å². The number of nitrogens with one attached hydrogen (secondary N) is 1. The van der Waals surface area contributed by atoms with Crippen LogP contribution in [0.3, 0.4) is 0 Å². The lowest BCUT2D eigenvalue weighted by Crippen LogP contribution is -2.11. The van der Waals surface area contributed by atoms with E-state index in [9.17, 15) is 9.59 Å². The van der Waals surface area contributed by atoms with Crippen molar-refractivity contribution in [3.63, 3.8) is 0 Å². The molecule has 2 heterocycles. The number of thiazole rings is 1. The predicted octanol–water partition coefficient (Wildman–Crippen LogP) is 3.04. The summed E-state index contributed by atoms with van der Waals surface area (Å²) in [6, 6.07) is 1.72. The first-order chi connectivity index (χ1) is 10.1. The third kappa shape index (κ3) is 3.03. The molecule has 0 spiro atoms. The second-order valence-electron chi connectivity index (χ2n) is 4.57. The fraction of sp³-hybridized carbons (Fsp3) is 0.214. The number of carbonyl (C=O) groups excluding carboxylic acids is 1. The van der Waals surface area contributed by atoms with Crippen molar-refractivity contribution < 1.29 is 14.7 Å². The monoisotopic (exact) mass is 320 g/mol. The molecule has 0 aromatic carbocycles. The van der Waals surface area contributed by atoms with Crippen LogP contribution in [0.5, 0.6) is 0 Å². The summed E-state index contributed by atoms with van der Waals surface area (Å²) in [4.78, 5) is 29.0. The molecule has 0 saturated heterocycles. The molecule has 21 heavy (non-hydrogen) atoms. The van der Waals surface area contributed by atoms with E-state index < -0.39 is 5.97 Å². The molecule has 0 unspecified atom stereocenters. The molecule has 0 radical (unpaired) electrons. The molecule has 2 aromatic heterocycles. The van der Waals surface area contributed by atoms with Gasteiger partial charge in [-0.05, 0) is 42.3 Å². The van der Waals surface area contributed by atoms with Crippen LogP contribution in [0, 0.1) is 0 Å². The summed E-state index contributed by atoms with van der Waals surface area (Å²) in [5.74, 6) is -1.29. The van der Waals surface area contributed by atoms with Crippen molar-refractivity contribution in [2.45, 2.75) is 19.3 Å². The fourth-order valence-electron chi connectivity index (χ4n) is 2.19. The number of aryl methyl sites for hydroxylation is 2. The number of carboxylic acids is 1. The summed E-state index contributed by atoms with van der Waals surface area (Å²) in [6.07, 6.45) is 5.60. The van der Waals surface area contributed by atoms with E-state index in [0.717, 1.165) is 31.0 Å². The molecule has 108 valence electrons. The second kappa shape index (κ2) is 5.79. The van der Waals surface area contributed by atoms with Gasteiger partial charge in [-0.2, -0.15) is 0 Å². The Kier molecular flexibility index (Phi) is 3.85. The molecule has 0 aliphatic heterocycles. The number of hydrogen-bond donors (Lipinski definition) is 2. The maximum absolute atomic E-state index is 12.3. The van der Waals surface area contributed by atoms with Crippen molar-refractivity contribution in [2.24, 2.45) is 0 Å². The van der Waals surface area contributed by atoms with Gasteiger partial charge in [0.05, 0.1) is 10.6 Å². The van der Waals surface area contributed by atoms with Gasteiger partial charge in [0.15, 0.2) is 5.13 Å². The highest BCUT2D eigenvalue weighted by molar-refractivity contribution is 7.16. The van der Waals surface area contributed by atoms with Gasteiger partial charge in [0.2, 0.25) is 0 Å². The molecule has 1 aliphatic rings. The van der Waals surface area contributed by atoms with Crippen LogP contribution in [0.25, 0.3) is 6.08 Å². The zero-order chi connectivity index (χ0) is 14.8. The molecular formula is C14H12N2O3S2. The highest BCUT2D eigenvalue weighted by Gasteiger charge is 2.19. The molecule has 0 saturated carbocycles. The van der Waals surface area contributed by atoms with Crippen molar-refractivity contribution in [1.82, 2.24) is 4.98 Å². The maximum Gasteiger partial charge on any atom is 0.328 e. The largest absolute Gasteiger partial charge is 0.478 e. The average molecular weight is 320 g/mol. The lowest BCUT2D eigenvalue weighted by molar-refractivity contribution is -0.131. The Balaban J connectivity index is 1.76. The molecule has 5 nitrogen and oxygen atoms in total. The van der Waals surface area contributed by atoms with E-state index in [2.05, 4.69) is 10.3 Å². The van der Waals surface area contributed by atoms with Gasteiger partial charge < -0.3 is 5.11 Å². The first kappa shape index (κ1) is 14.0. The van der Waals surface area contributed by atoms with Crippen LogP contribution in [0.1, 0.15) is 32.2 Å². The minimum absolute atomic E-state index is 0.248. The maximum atomic E-state index is 12.3. The molecule has 2 aromatic rings. The highest BCUT2D eigenvalue weighted by Crippen LogP contribution is 2.31. The van der Waals surface area contributed by atoms with Crippen LogP contribution in [-0.4, -0.2) is 22.0 Å². The Morgan fingerprint density at radius 3 is 3.00 bits per heavy atom. The van der Waals surface area contributed by atoms with Crippen LogP contribution >= 0.6 is 22.7 Å². The molecule has 0 fully saturated rings. The standard InChI is InChI=1S/C14H12N2O3S2/c17-11(18)5-4-8-6-7-20-12(8)13(19)16-14-15-9-2-1-3-10(9)21-14/h4-7H,1-3H2,(H,17,18)(H,15,16,19). The molecule has 7 heteroatoms. The Bertz CT molecular complexity index is 709.